The van der Waals surface area contributed by atoms with Crippen LogP contribution in [0, 0.1) is 0 Å². The lowest BCUT2D eigenvalue weighted by molar-refractivity contribution is -0.125. The normalized spacial score (nSPS) is 11.0. The van der Waals surface area contributed by atoms with E-state index in [1.54, 1.807) is 30.4 Å². The van der Waals surface area contributed by atoms with Crippen molar-refractivity contribution in [1.29, 1.82) is 0 Å². The zero-order chi connectivity index (χ0) is 21.5. The smallest absolute Gasteiger partial charge is 0.246 e. The number of carbonyl (C=O) groups excluding carboxylic acids is 1. The number of carbonyl (C=O) groups is 1. The Labute approximate surface area is 182 Å². The summed E-state index contributed by atoms with van der Waals surface area (Å²) < 4.78 is 1.92. The molecule has 0 fully saturated rings. The molecule has 0 aliphatic rings. The molecule has 5 nitrogen and oxygen atoms in total. The molecular weight excluding hydrogens is 384 g/mol. The maximum absolute atomic E-state index is 12.7. The van der Waals surface area contributed by atoms with Crippen molar-refractivity contribution in [3.05, 3.63) is 114 Å². The minimum Gasteiger partial charge on any atom is -0.338 e. The molecule has 31 heavy (non-hydrogen) atoms. The van der Waals surface area contributed by atoms with Crippen LogP contribution in [-0.4, -0.2) is 32.6 Å². The van der Waals surface area contributed by atoms with Gasteiger partial charge in [0.25, 0.3) is 0 Å². The summed E-state index contributed by atoms with van der Waals surface area (Å²) >= 11 is 0. The van der Waals surface area contributed by atoms with Gasteiger partial charge in [-0.1, -0.05) is 66.7 Å². The third-order valence-corrected chi connectivity index (χ3v) is 4.95. The summed E-state index contributed by atoms with van der Waals surface area (Å²) in [7, 11) is 1.79. The first kappa shape index (κ1) is 20.3. The maximum Gasteiger partial charge on any atom is 0.246 e. The van der Waals surface area contributed by atoms with Crippen LogP contribution in [0.2, 0.25) is 0 Å². The summed E-state index contributed by atoms with van der Waals surface area (Å²) in [6, 6.07) is 24.1. The molecule has 0 atom stereocenters. The van der Waals surface area contributed by atoms with Crippen molar-refractivity contribution in [2.24, 2.45) is 0 Å². The van der Waals surface area contributed by atoms with Gasteiger partial charge in [-0.25, -0.2) is 0 Å². The molecule has 0 N–H and O–H groups in total. The molecule has 0 saturated heterocycles. The number of aromatic nitrogens is 3. The number of hydrogen-bond acceptors (Lipinski definition) is 3. The van der Waals surface area contributed by atoms with Crippen LogP contribution in [0.4, 0.5) is 0 Å². The molecule has 2 heterocycles. The predicted molar refractivity (Wildman–Crippen MR) is 123 cm³/mol. The summed E-state index contributed by atoms with van der Waals surface area (Å²) in [6.07, 6.45) is 8.93. The van der Waals surface area contributed by atoms with Crippen molar-refractivity contribution in [3.63, 3.8) is 0 Å². The molecular formula is C26H24N4O. The number of benzene rings is 2. The largest absolute Gasteiger partial charge is 0.338 e. The molecule has 0 saturated carbocycles. The topological polar surface area (TPSA) is 51.0 Å². The molecule has 0 spiro atoms. The fourth-order valence-electron chi connectivity index (χ4n) is 3.36. The van der Waals surface area contributed by atoms with E-state index >= 15 is 0 Å². The first-order valence-electron chi connectivity index (χ1n) is 10.2. The molecule has 4 aromatic rings. The van der Waals surface area contributed by atoms with Gasteiger partial charge in [0.15, 0.2) is 0 Å². The highest BCUT2D eigenvalue weighted by atomic mass is 16.2. The number of rotatable bonds is 7. The number of amides is 1. The second kappa shape index (κ2) is 9.67. The lowest BCUT2D eigenvalue weighted by atomic mass is 10.1. The average molecular weight is 409 g/mol. The fourth-order valence-corrected chi connectivity index (χ4v) is 3.36. The Bertz CT molecular complexity index is 1150. The minimum absolute atomic E-state index is 0.0707. The zero-order valence-corrected chi connectivity index (χ0v) is 17.4. The molecule has 0 aliphatic heterocycles. The monoisotopic (exact) mass is 408 g/mol. The van der Waals surface area contributed by atoms with E-state index in [0.29, 0.717) is 13.1 Å². The molecule has 0 unspecified atom stereocenters. The van der Waals surface area contributed by atoms with Gasteiger partial charge < -0.3 is 4.90 Å². The lowest BCUT2D eigenvalue weighted by Crippen LogP contribution is -2.24. The molecule has 0 bridgehead atoms. The Balaban J connectivity index is 1.56. The molecule has 1 amide bonds. The number of nitrogens with zero attached hydrogens (tertiary/aromatic N) is 4. The lowest BCUT2D eigenvalue weighted by Gasteiger charge is -2.14. The molecule has 4 rings (SSSR count). The third kappa shape index (κ3) is 5.34. The van der Waals surface area contributed by atoms with Crippen LogP contribution in [0.1, 0.15) is 16.7 Å². The number of hydrogen-bond donors (Lipinski definition) is 0. The van der Waals surface area contributed by atoms with Crippen molar-refractivity contribution in [2.45, 2.75) is 13.1 Å². The van der Waals surface area contributed by atoms with Crippen LogP contribution < -0.4 is 0 Å². The molecule has 0 aliphatic carbocycles. The van der Waals surface area contributed by atoms with Crippen LogP contribution in [0.25, 0.3) is 17.3 Å². The first-order valence-corrected chi connectivity index (χ1v) is 10.2. The van der Waals surface area contributed by atoms with E-state index in [1.165, 1.54) is 5.56 Å². The summed E-state index contributed by atoms with van der Waals surface area (Å²) in [5.74, 6) is -0.0707. The van der Waals surface area contributed by atoms with Gasteiger partial charge in [-0.2, -0.15) is 5.10 Å². The second-order valence-electron chi connectivity index (χ2n) is 7.37. The van der Waals surface area contributed by atoms with E-state index in [9.17, 15) is 4.79 Å². The van der Waals surface area contributed by atoms with Crippen molar-refractivity contribution >= 4 is 12.0 Å². The predicted octanol–water partition coefficient (Wildman–Crippen LogP) is 4.67. The zero-order valence-electron chi connectivity index (χ0n) is 17.4. The van der Waals surface area contributed by atoms with Crippen LogP contribution >= 0.6 is 0 Å². The SMILES string of the molecule is CN(Cc1cccnc1)C(=O)C=Cc1cn(Cc2ccccc2)nc1-c1ccccc1. The van der Waals surface area contributed by atoms with Crippen LogP contribution in [0.3, 0.4) is 0 Å². The van der Waals surface area contributed by atoms with Gasteiger partial charge in [-0.15, -0.1) is 0 Å². The van der Waals surface area contributed by atoms with Gasteiger partial charge in [0.05, 0.1) is 12.2 Å². The summed E-state index contributed by atoms with van der Waals surface area (Å²) in [4.78, 5) is 18.4. The highest BCUT2D eigenvalue weighted by molar-refractivity contribution is 5.92. The summed E-state index contributed by atoms with van der Waals surface area (Å²) in [6.45, 7) is 1.18. The molecule has 154 valence electrons. The molecule has 2 aromatic carbocycles. The quantitative estimate of drug-likeness (QED) is 0.418. The molecule has 5 heteroatoms. The average Bonchev–Trinajstić information content (AvgIpc) is 3.22. The minimum atomic E-state index is -0.0707. The van der Waals surface area contributed by atoms with Gasteiger partial charge in [0.2, 0.25) is 5.91 Å². The van der Waals surface area contributed by atoms with Gasteiger partial charge in [0, 0.05) is 49.4 Å². The van der Waals surface area contributed by atoms with Crippen molar-refractivity contribution < 1.29 is 4.79 Å². The highest BCUT2D eigenvalue weighted by Crippen LogP contribution is 2.23. The van der Waals surface area contributed by atoms with Crippen LogP contribution in [-0.2, 0) is 17.9 Å². The maximum atomic E-state index is 12.7. The summed E-state index contributed by atoms with van der Waals surface area (Å²) in [5, 5.41) is 4.80. The Morgan fingerprint density at radius 2 is 1.68 bits per heavy atom. The first-order chi connectivity index (χ1) is 15.2. The highest BCUT2D eigenvalue weighted by Gasteiger charge is 2.11. The van der Waals surface area contributed by atoms with E-state index in [2.05, 4.69) is 17.1 Å². The molecule has 2 aromatic heterocycles. The van der Waals surface area contributed by atoms with E-state index in [0.717, 1.165) is 22.4 Å². The van der Waals surface area contributed by atoms with Crippen molar-refractivity contribution in [3.8, 4) is 11.3 Å². The van der Waals surface area contributed by atoms with Crippen molar-refractivity contribution in [1.82, 2.24) is 19.7 Å². The van der Waals surface area contributed by atoms with E-state index in [1.807, 2.05) is 77.6 Å². The Hall–Kier alpha value is -3.99. The van der Waals surface area contributed by atoms with Gasteiger partial charge in [-0.3, -0.25) is 14.5 Å². The number of likely N-dealkylation sites (N-methyl/N-ethyl adjacent to an activating group) is 1. The van der Waals surface area contributed by atoms with Gasteiger partial charge >= 0.3 is 0 Å². The van der Waals surface area contributed by atoms with Crippen LogP contribution in [0.5, 0.6) is 0 Å². The number of pyridine rings is 1. The van der Waals surface area contributed by atoms with Gasteiger partial charge in [0.1, 0.15) is 0 Å². The van der Waals surface area contributed by atoms with Crippen LogP contribution in [0.15, 0.2) is 97.5 Å². The fraction of sp³-hybridized carbons (Fsp3) is 0.115. The van der Waals surface area contributed by atoms with Crippen molar-refractivity contribution in [2.75, 3.05) is 7.05 Å². The summed E-state index contributed by atoms with van der Waals surface area (Å²) in [5.41, 5.74) is 4.95. The Morgan fingerprint density at radius 1 is 0.968 bits per heavy atom. The Morgan fingerprint density at radius 3 is 2.39 bits per heavy atom. The standard InChI is InChI=1S/C26H24N4O/c1-29(18-22-11-8-16-27-17-22)25(31)15-14-24-20-30(19-21-9-4-2-5-10-21)28-26(24)23-12-6-3-7-13-23/h2-17,20H,18-19H2,1H3. The van der Waals surface area contributed by atoms with E-state index in [4.69, 9.17) is 5.10 Å². The van der Waals surface area contributed by atoms with Gasteiger partial charge in [-0.05, 0) is 23.3 Å². The molecule has 0 radical (unpaired) electrons. The second-order valence-corrected chi connectivity index (χ2v) is 7.37. The van der Waals surface area contributed by atoms with E-state index < -0.39 is 0 Å². The third-order valence-electron chi connectivity index (χ3n) is 4.95. The van der Waals surface area contributed by atoms with E-state index in [-0.39, 0.29) is 5.91 Å². The Kier molecular flexibility index (Phi) is 6.33.